The summed E-state index contributed by atoms with van der Waals surface area (Å²) in [6, 6.07) is 7.54. The second-order valence-corrected chi connectivity index (χ2v) is 3.65. The van der Waals surface area contributed by atoms with Crippen molar-refractivity contribution in [3.63, 3.8) is 0 Å². The quantitative estimate of drug-likeness (QED) is 0.620. The van der Waals surface area contributed by atoms with Gasteiger partial charge in [-0.25, -0.2) is 9.78 Å². The Kier molecular flexibility index (Phi) is 2.74. The molecule has 0 fully saturated rings. The summed E-state index contributed by atoms with van der Waals surface area (Å²) < 4.78 is 0. The van der Waals surface area contributed by atoms with Crippen molar-refractivity contribution in [2.45, 2.75) is 6.92 Å². The number of ketones is 1. The number of nitrogens with zero attached hydrogens (tertiary/aromatic N) is 1. The number of hydrogen-bond donors (Lipinski definition) is 2. The fourth-order valence-corrected chi connectivity index (χ4v) is 1.49. The van der Waals surface area contributed by atoms with Crippen molar-refractivity contribution in [3.05, 3.63) is 41.7 Å². The fourth-order valence-electron chi connectivity index (χ4n) is 1.49. The molecule has 1 aromatic carbocycles. The number of aryl methyl sites for hydroxylation is 1. The van der Waals surface area contributed by atoms with Crippen molar-refractivity contribution < 1.29 is 14.7 Å². The van der Waals surface area contributed by atoms with Crippen LogP contribution in [0.2, 0.25) is 0 Å². The topological polar surface area (TPSA) is 83.1 Å². The van der Waals surface area contributed by atoms with Crippen molar-refractivity contribution in [1.82, 2.24) is 9.97 Å². The maximum Gasteiger partial charge on any atom is 0.378 e. The average molecular weight is 230 g/mol. The molecule has 1 aromatic heterocycles. The Hall–Kier alpha value is -2.43. The maximum absolute atomic E-state index is 11.2. The summed E-state index contributed by atoms with van der Waals surface area (Å²) in [5, 5.41) is 8.56. The lowest BCUT2D eigenvalue weighted by Crippen LogP contribution is -2.12. The van der Waals surface area contributed by atoms with Gasteiger partial charge in [0.15, 0.2) is 0 Å². The Morgan fingerprint density at radius 2 is 2.12 bits per heavy atom. The predicted octanol–water partition coefficient (Wildman–Crippen LogP) is 1.65. The third-order valence-electron chi connectivity index (χ3n) is 2.31. The minimum atomic E-state index is -1.50. The maximum atomic E-state index is 11.2. The van der Waals surface area contributed by atoms with Gasteiger partial charge in [-0.2, -0.15) is 0 Å². The molecule has 0 unspecified atom stereocenters. The van der Waals surface area contributed by atoms with Crippen LogP contribution in [0, 0.1) is 6.92 Å². The standard InChI is InChI=1S/C12H10N2O3/c1-7-3-2-4-8(5-7)11-13-6-9(14-11)10(15)12(16)17/h2-6H,1H3,(H,13,14)(H,16,17). The van der Waals surface area contributed by atoms with E-state index in [0.717, 1.165) is 11.1 Å². The predicted molar refractivity (Wildman–Crippen MR) is 60.7 cm³/mol. The summed E-state index contributed by atoms with van der Waals surface area (Å²) in [4.78, 5) is 28.4. The number of carboxylic acid groups (broad SMARTS) is 1. The van der Waals surface area contributed by atoms with Gasteiger partial charge in [-0.05, 0) is 13.0 Å². The molecule has 1 heterocycles. The number of aliphatic carboxylic acids is 1. The lowest BCUT2D eigenvalue weighted by molar-refractivity contribution is -0.131. The van der Waals surface area contributed by atoms with Gasteiger partial charge >= 0.3 is 5.97 Å². The van der Waals surface area contributed by atoms with E-state index < -0.39 is 11.8 Å². The van der Waals surface area contributed by atoms with E-state index in [9.17, 15) is 9.59 Å². The van der Waals surface area contributed by atoms with E-state index in [1.54, 1.807) is 0 Å². The number of carbonyl (C=O) groups excluding carboxylic acids is 1. The molecule has 0 saturated heterocycles. The van der Waals surface area contributed by atoms with E-state index in [-0.39, 0.29) is 5.69 Å². The van der Waals surface area contributed by atoms with E-state index in [2.05, 4.69) is 9.97 Å². The van der Waals surface area contributed by atoms with Crippen LogP contribution in [0.3, 0.4) is 0 Å². The molecular weight excluding hydrogens is 220 g/mol. The summed E-state index contributed by atoms with van der Waals surface area (Å²) in [6.45, 7) is 1.94. The van der Waals surface area contributed by atoms with Crippen molar-refractivity contribution >= 4 is 11.8 Å². The number of aromatic nitrogens is 2. The Morgan fingerprint density at radius 1 is 1.35 bits per heavy atom. The second kappa shape index (κ2) is 4.21. The number of carboxylic acids is 1. The first-order chi connectivity index (χ1) is 8.08. The molecule has 5 heteroatoms. The molecule has 0 amide bonds. The molecular formula is C12H10N2O3. The lowest BCUT2D eigenvalue weighted by Gasteiger charge is -1.97. The zero-order chi connectivity index (χ0) is 12.4. The monoisotopic (exact) mass is 230 g/mol. The van der Waals surface area contributed by atoms with Crippen molar-refractivity contribution in [2.24, 2.45) is 0 Å². The van der Waals surface area contributed by atoms with Crippen LogP contribution in [-0.2, 0) is 4.79 Å². The zero-order valence-electron chi connectivity index (χ0n) is 9.10. The summed E-state index contributed by atoms with van der Waals surface area (Å²) in [7, 11) is 0. The van der Waals surface area contributed by atoms with Crippen LogP contribution in [0.4, 0.5) is 0 Å². The van der Waals surface area contributed by atoms with Gasteiger partial charge in [-0.1, -0.05) is 23.8 Å². The molecule has 17 heavy (non-hydrogen) atoms. The van der Waals surface area contributed by atoms with E-state index in [1.807, 2.05) is 31.2 Å². The number of nitrogens with one attached hydrogen (secondary N) is 1. The number of imidazole rings is 1. The number of aromatic amines is 1. The third-order valence-corrected chi connectivity index (χ3v) is 2.31. The number of benzene rings is 1. The summed E-state index contributed by atoms with van der Waals surface area (Å²) >= 11 is 0. The van der Waals surface area contributed by atoms with Gasteiger partial charge in [-0.3, -0.25) is 4.79 Å². The van der Waals surface area contributed by atoms with Gasteiger partial charge in [0, 0.05) is 5.56 Å². The Labute approximate surface area is 97.1 Å². The van der Waals surface area contributed by atoms with Crippen molar-refractivity contribution in [1.29, 1.82) is 0 Å². The van der Waals surface area contributed by atoms with Crippen LogP contribution < -0.4 is 0 Å². The van der Waals surface area contributed by atoms with Crippen LogP contribution in [0.1, 0.15) is 16.1 Å². The number of Topliss-reactive ketones (excluding diaryl/α,β-unsaturated/α-hetero) is 1. The number of rotatable bonds is 3. The third kappa shape index (κ3) is 2.23. The molecule has 0 aliphatic rings. The van der Waals surface area contributed by atoms with Crippen LogP contribution in [-0.4, -0.2) is 26.8 Å². The molecule has 0 radical (unpaired) electrons. The van der Waals surface area contributed by atoms with E-state index in [0.29, 0.717) is 5.82 Å². The highest BCUT2D eigenvalue weighted by Gasteiger charge is 2.17. The minimum Gasteiger partial charge on any atom is -0.475 e. The molecule has 0 saturated carbocycles. The number of carbonyl (C=O) groups is 2. The van der Waals surface area contributed by atoms with Gasteiger partial charge in [0.05, 0.1) is 6.20 Å². The van der Waals surface area contributed by atoms with Crippen molar-refractivity contribution in [2.75, 3.05) is 0 Å². The first-order valence-corrected chi connectivity index (χ1v) is 4.97. The smallest absolute Gasteiger partial charge is 0.378 e. The molecule has 0 bridgehead atoms. The summed E-state index contributed by atoms with van der Waals surface area (Å²) in [5.41, 5.74) is 1.86. The highest BCUT2D eigenvalue weighted by molar-refractivity contribution is 6.39. The molecule has 2 aromatic rings. The van der Waals surface area contributed by atoms with Gasteiger partial charge in [0.1, 0.15) is 11.5 Å². The van der Waals surface area contributed by atoms with Crippen LogP contribution in [0.15, 0.2) is 30.5 Å². The van der Waals surface area contributed by atoms with Gasteiger partial charge in [0.2, 0.25) is 0 Å². The molecule has 0 spiro atoms. The lowest BCUT2D eigenvalue weighted by atomic mass is 10.1. The fraction of sp³-hybridized carbons (Fsp3) is 0.0833. The molecule has 2 rings (SSSR count). The van der Waals surface area contributed by atoms with Crippen LogP contribution in [0.25, 0.3) is 11.4 Å². The van der Waals surface area contributed by atoms with Gasteiger partial charge in [0.25, 0.3) is 5.78 Å². The van der Waals surface area contributed by atoms with E-state index in [4.69, 9.17) is 5.11 Å². The van der Waals surface area contributed by atoms with Gasteiger partial charge in [-0.15, -0.1) is 0 Å². The Morgan fingerprint density at radius 3 is 2.76 bits per heavy atom. The zero-order valence-corrected chi connectivity index (χ0v) is 9.10. The largest absolute Gasteiger partial charge is 0.475 e. The molecule has 2 N–H and O–H groups in total. The summed E-state index contributed by atoms with van der Waals surface area (Å²) in [5.74, 6) is -2.00. The molecule has 0 aliphatic carbocycles. The summed E-state index contributed by atoms with van der Waals surface area (Å²) in [6.07, 6.45) is 1.23. The highest BCUT2D eigenvalue weighted by Crippen LogP contribution is 2.16. The molecule has 86 valence electrons. The normalized spacial score (nSPS) is 10.2. The van der Waals surface area contributed by atoms with Gasteiger partial charge < -0.3 is 10.1 Å². The van der Waals surface area contributed by atoms with E-state index >= 15 is 0 Å². The highest BCUT2D eigenvalue weighted by atomic mass is 16.4. The Bertz CT molecular complexity index is 587. The van der Waals surface area contributed by atoms with Crippen LogP contribution in [0.5, 0.6) is 0 Å². The first kappa shape index (κ1) is 11.1. The van der Waals surface area contributed by atoms with E-state index in [1.165, 1.54) is 6.20 Å². The first-order valence-electron chi connectivity index (χ1n) is 4.97. The Balaban J connectivity index is 2.36. The SMILES string of the molecule is Cc1cccc(-c2ncc(C(=O)C(=O)O)[nH]2)c1. The average Bonchev–Trinajstić information content (AvgIpc) is 2.77. The second-order valence-electron chi connectivity index (χ2n) is 3.65. The molecule has 0 aliphatic heterocycles. The minimum absolute atomic E-state index is 0.0194. The number of hydrogen-bond acceptors (Lipinski definition) is 3. The number of H-pyrrole nitrogens is 1. The molecule has 5 nitrogen and oxygen atoms in total. The van der Waals surface area contributed by atoms with Crippen LogP contribution >= 0.6 is 0 Å². The van der Waals surface area contributed by atoms with Crippen molar-refractivity contribution in [3.8, 4) is 11.4 Å². The molecule has 0 atom stereocenters.